The van der Waals surface area contributed by atoms with Crippen LogP contribution in [-0.2, 0) is 42.7 Å². The van der Waals surface area contributed by atoms with Gasteiger partial charge in [0.05, 0.1) is 25.4 Å². The molecule has 0 radical (unpaired) electrons. The minimum absolute atomic E-state index is 0.0289. The molecule has 0 aliphatic carbocycles. The van der Waals surface area contributed by atoms with Crippen LogP contribution in [0.1, 0.15) is 261 Å². The fourth-order valence-electron chi connectivity index (χ4n) is 9.32. The Kier molecular flexibility index (Phi) is 37.9. The third-order valence-corrected chi connectivity index (χ3v) is 13.4. The molecule has 2 fully saturated rings. The van der Waals surface area contributed by atoms with E-state index < -0.39 is 36.4 Å². The predicted molar refractivity (Wildman–Crippen MR) is 272 cm³/mol. The zero-order valence-electron chi connectivity index (χ0n) is 44.7. The Morgan fingerprint density at radius 3 is 1.42 bits per heavy atom. The molecule has 1 amide bonds. The minimum Gasteiger partial charge on any atom is -0.379 e. The maximum absolute atomic E-state index is 13.8. The van der Waals surface area contributed by atoms with E-state index >= 15 is 0 Å². The van der Waals surface area contributed by atoms with Crippen LogP contribution >= 0.6 is 0 Å². The number of nitrogens with one attached hydrogen (secondary N) is 1. The summed E-state index contributed by atoms with van der Waals surface area (Å²) >= 11 is 0. The fourth-order valence-corrected chi connectivity index (χ4v) is 9.32. The first-order valence-electron chi connectivity index (χ1n) is 28.6. The molecule has 0 spiro atoms. The van der Waals surface area contributed by atoms with Crippen LogP contribution < -0.4 is 5.32 Å². The molecule has 0 bridgehead atoms. The van der Waals surface area contributed by atoms with E-state index in [1.807, 2.05) is 13.8 Å². The van der Waals surface area contributed by atoms with Gasteiger partial charge in [-0.15, -0.1) is 0 Å². The molecule has 5 unspecified atom stereocenters. The number of carbonyl (C=O) groups is 1. The zero-order chi connectivity index (χ0) is 47.9. The van der Waals surface area contributed by atoms with E-state index in [-0.39, 0.29) is 30.8 Å². The Bertz CT molecular complexity index is 1100. The van der Waals surface area contributed by atoms with Crippen LogP contribution in [0.5, 0.6) is 0 Å². The molecule has 0 aromatic heterocycles. The molecule has 2 rings (SSSR count). The molecule has 392 valence electrons. The Labute approximate surface area is 407 Å². The van der Waals surface area contributed by atoms with Gasteiger partial charge in [-0.2, -0.15) is 0 Å². The van der Waals surface area contributed by atoms with Crippen LogP contribution in [0.2, 0.25) is 0 Å². The van der Waals surface area contributed by atoms with Crippen LogP contribution in [0.4, 0.5) is 0 Å². The van der Waals surface area contributed by atoms with Crippen molar-refractivity contribution in [1.29, 1.82) is 0 Å². The lowest BCUT2D eigenvalue weighted by atomic mass is 9.97. The van der Waals surface area contributed by atoms with Gasteiger partial charge in [0, 0.05) is 32.8 Å². The van der Waals surface area contributed by atoms with Gasteiger partial charge in [0.25, 0.3) is 0 Å². The maximum Gasteiger partial charge on any atom is 0.220 e. The van der Waals surface area contributed by atoms with Crippen molar-refractivity contribution < 1.29 is 42.7 Å². The van der Waals surface area contributed by atoms with Gasteiger partial charge in [-0.05, 0) is 52.4 Å². The van der Waals surface area contributed by atoms with Gasteiger partial charge in [-0.25, -0.2) is 0 Å². The Balaban J connectivity index is 2.01. The zero-order valence-corrected chi connectivity index (χ0v) is 44.7. The van der Waals surface area contributed by atoms with Crippen molar-refractivity contribution in [3.8, 4) is 0 Å². The summed E-state index contributed by atoms with van der Waals surface area (Å²) in [4.78, 5) is 13.8. The molecule has 2 aliphatic heterocycles. The van der Waals surface area contributed by atoms with Crippen LogP contribution in [0.3, 0.4) is 0 Å². The van der Waals surface area contributed by atoms with Crippen molar-refractivity contribution in [3.05, 3.63) is 0 Å². The van der Waals surface area contributed by atoms with Crippen molar-refractivity contribution in [2.24, 2.45) is 0 Å². The number of amides is 1. The number of hydrogen-bond acceptors (Lipinski definition) is 9. The van der Waals surface area contributed by atoms with Crippen LogP contribution in [0.15, 0.2) is 0 Å². The Morgan fingerprint density at radius 1 is 0.485 bits per heavy atom. The first-order chi connectivity index (χ1) is 32.2. The molecule has 2 saturated heterocycles. The second-order valence-electron chi connectivity index (χ2n) is 20.3. The Hall–Kier alpha value is -0.850. The third-order valence-electron chi connectivity index (χ3n) is 13.4. The number of rotatable bonds is 46. The molecule has 10 nitrogen and oxygen atoms in total. The molecule has 0 aromatic carbocycles. The molecule has 66 heavy (non-hydrogen) atoms. The number of hydrogen-bond donors (Lipinski definition) is 1. The average Bonchev–Trinajstić information content (AvgIpc) is 3.62. The number of ether oxygens (including phenoxy) is 8. The first kappa shape index (κ1) is 61.3. The Morgan fingerprint density at radius 2 is 0.924 bits per heavy atom. The van der Waals surface area contributed by atoms with E-state index in [0.717, 1.165) is 83.5 Å². The summed E-state index contributed by atoms with van der Waals surface area (Å²) in [7, 11) is 0. The molecule has 8 atom stereocenters. The van der Waals surface area contributed by atoms with Crippen LogP contribution in [0, 0.1) is 0 Å². The van der Waals surface area contributed by atoms with Crippen molar-refractivity contribution in [2.75, 3.05) is 39.6 Å². The summed E-state index contributed by atoms with van der Waals surface area (Å²) < 4.78 is 53.0. The van der Waals surface area contributed by atoms with Crippen LogP contribution in [-0.4, -0.2) is 100 Å². The highest BCUT2D eigenvalue weighted by molar-refractivity contribution is 5.76. The third kappa shape index (κ3) is 28.1. The molecular formula is C56H109NO9. The second-order valence-corrected chi connectivity index (χ2v) is 20.3. The van der Waals surface area contributed by atoms with Gasteiger partial charge < -0.3 is 43.2 Å². The fraction of sp³-hybridized carbons (Fsp3) is 0.982. The van der Waals surface area contributed by atoms with Gasteiger partial charge in [-0.3, -0.25) is 4.79 Å². The summed E-state index contributed by atoms with van der Waals surface area (Å²) in [5.74, 6) is -0.741. The minimum atomic E-state index is -0.770. The highest BCUT2D eigenvalue weighted by Gasteiger charge is 2.50. The summed E-state index contributed by atoms with van der Waals surface area (Å²) in [6.45, 7) is 20.1. The van der Waals surface area contributed by atoms with Crippen molar-refractivity contribution >= 4 is 5.91 Å². The van der Waals surface area contributed by atoms with Gasteiger partial charge in [0.2, 0.25) is 5.91 Å². The monoisotopic (exact) mass is 940 g/mol. The summed E-state index contributed by atoms with van der Waals surface area (Å²) in [5.41, 5.74) is 0. The standard InChI is InChI=1S/C56H109NO9/c1-9-15-21-22-23-24-25-26-27-28-29-30-31-32-33-34-35-36-37-38-40-50(58)57-47(51-48(39-16-10-2)65-56(7,8)66-51)45-63-55-54(62-44-20-14-6)53(61-43-19-13-5)52(60-42-18-12-4)49(64-55)46-59-41-17-11-3/h47-49,51-55H,9-46H2,1-8H3,(H,57,58)/t47-,48+,49?,51-,52?,53?,54?,55?/m0/s1. The molecule has 0 saturated carbocycles. The normalized spacial score (nSPS) is 23.4. The topological polar surface area (TPSA) is 103 Å². The van der Waals surface area contributed by atoms with Gasteiger partial charge >= 0.3 is 0 Å². The lowest BCUT2D eigenvalue weighted by Crippen LogP contribution is -2.63. The quantitative estimate of drug-likeness (QED) is 0.0598. The lowest BCUT2D eigenvalue weighted by molar-refractivity contribution is -0.325. The summed E-state index contributed by atoms with van der Waals surface area (Å²) in [6.07, 6.45) is 35.0. The SMILES string of the molecule is CCCCCCCCCCCCCCCCCCCCCCC(=O)N[C@@H](COC1OC(COCCCC)C(OCCCC)C(OCCCC)C1OCCCC)[C@@H]1OC(C)(C)O[C@@H]1CCCC. The van der Waals surface area contributed by atoms with Crippen molar-refractivity contribution in [3.63, 3.8) is 0 Å². The van der Waals surface area contributed by atoms with E-state index in [0.29, 0.717) is 39.5 Å². The maximum atomic E-state index is 13.8. The van der Waals surface area contributed by atoms with Crippen molar-refractivity contribution in [2.45, 2.75) is 316 Å². The van der Waals surface area contributed by atoms with Gasteiger partial charge in [-0.1, -0.05) is 202 Å². The van der Waals surface area contributed by atoms with E-state index in [4.69, 9.17) is 37.9 Å². The second kappa shape index (κ2) is 40.8. The largest absolute Gasteiger partial charge is 0.379 e. The molecular weight excluding hydrogens is 831 g/mol. The molecule has 10 heteroatoms. The smallest absolute Gasteiger partial charge is 0.220 e. The number of carbonyl (C=O) groups excluding carboxylic acids is 1. The summed E-state index contributed by atoms with van der Waals surface area (Å²) in [5, 5.41) is 3.38. The molecule has 1 N–H and O–H groups in total. The van der Waals surface area contributed by atoms with Crippen LogP contribution in [0.25, 0.3) is 0 Å². The predicted octanol–water partition coefficient (Wildman–Crippen LogP) is 14.5. The summed E-state index contributed by atoms with van der Waals surface area (Å²) in [6, 6.07) is -0.441. The molecule has 2 heterocycles. The van der Waals surface area contributed by atoms with E-state index in [1.54, 1.807) is 0 Å². The van der Waals surface area contributed by atoms with Gasteiger partial charge in [0.15, 0.2) is 12.1 Å². The van der Waals surface area contributed by atoms with E-state index in [2.05, 4.69) is 46.9 Å². The first-order valence-corrected chi connectivity index (χ1v) is 28.6. The van der Waals surface area contributed by atoms with Crippen molar-refractivity contribution in [1.82, 2.24) is 5.32 Å². The van der Waals surface area contributed by atoms with Gasteiger partial charge in [0.1, 0.15) is 30.5 Å². The molecule has 2 aliphatic rings. The van der Waals surface area contributed by atoms with E-state index in [1.165, 1.54) is 116 Å². The highest BCUT2D eigenvalue weighted by Crippen LogP contribution is 2.35. The average molecular weight is 940 g/mol. The highest BCUT2D eigenvalue weighted by atomic mass is 16.8. The molecule has 0 aromatic rings. The lowest BCUT2D eigenvalue weighted by Gasteiger charge is -2.46. The number of unbranched alkanes of at least 4 members (excludes halogenated alkanes) is 24. The van der Waals surface area contributed by atoms with E-state index in [9.17, 15) is 4.79 Å².